The predicted octanol–water partition coefficient (Wildman–Crippen LogP) is 2.44. The molecule has 5 heteroatoms. The molecule has 2 rings (SSSR count). The summed E-state index contributed by atoms with van der Waals surface area (Å²) in [6, 6.07) is 2.07. The first-order valence-corrected chi connectivity index (χ1v) is 5.68. The van der Waals surface area contributed by atoms with Crippen LogP contribution in [-0.4, -0.2) is 19.7 Å². The van der Waals surface area contributed by atoms with Crippen LogP contribution in [0.2, 0.25) is 5.15 Å². The fourth-order valence-electron chi connectivity index (χ4n) is 1.54. The van der Waals surface area contributed by atoms with Crippen LogP contribution in [0.25, 0.3) is 5.82 Å². The monoisotopic (exact) mass is 236 g/mol. The van der Waals surface area contributed by atoms with E-state index < -0.39 is 0 Å². The average molecular weight is 237 g/mol. The summed E-state index contributed by atoms with van der Waals surface area (Å²) in [6.45, 7) is 4.15. The van der Waals surface area contributed by atoms with E-state index in [0.29, 0.717) is 11.0 Å². The highest BCUT2D eigenvalue weighted by Gasteiger charge is 2.11. The first-order valence-electron chi connectivity index (χ1n) is 5.31. The zero-order chi connectivity index (χ0) is 11.5. The maximum atomic E-state index is 6.01. The van der Waals surface area contributed by atoms with E-state index in [4.69, 9.17) is 11.6 Å². The molecule has 16 heavy (non-hydrogen) atoms. The number of aryl methyl sites for hydroxylation is 2. The molecule has 2 heterocycles. The van der Waals surface area contributed by atoms with Gasteiger partial charge in [-0.1, -0.05) is 25.4 Å². The SMILES string of the molecule is CCc1cc(CC)n(-c2nccnc2Cl)n1. The minimum atomic E-state index is 0.378. The highest BCUT2D eigenvalue weighted by Crippen LogP contribution is 2.17. The Balaban J connectivity index is 2.54. The number of hydrogen-bond acceptors (Lipinski definition) is 3. The van der Waals surface area contributed by atoms with Crippen LogP contribution in [0.4, 0.5) is 0 Å². The van der Waals surface area contributed by atoms with E-state index in [1.807, 2.05) is 0 Å². The van der Waals surface area contributed by atoms with Crippen molar-refractivity contribution in [2.45, 2.75) is 26.7 Å². The van der Waals surface area contributed by atoms with Crippen LogP contribution in [-0.2, 0) is 12.8 Å². The van der Waals surface area contributed by atoms with Gasteiger partial charge in [-0.2, -0.15) is 5.10 Å². The Morgan fingerprint density at radius 1 is 1.19 bits per heavy atom. The number of aromatic nitrogens is 4. The van der Waals surface area contributed by atoms with Gasteiger partial charge in [0.2, 0.25) is 0 Å². The van der Waals surface area contributed by atoms with Crippen LogP contribution in [0.1, 0.15) is 25.2 Å². The Kier molecular flexibility index (Phi) is 3.19. The van der Waals surface area contributed by atoms with Crippen LogP contribution in [0.5, 0.6) is 0 Å². The molecule has 0 atom stereocenters. The van der Waals surface area contributed by atoms with Gasteiger partial charge in [0.1, 0.15) is 0 Å². The molecule has 0 spiro atoms. The second-order valence-electron chi connectivity index (χ2n) is 3.42. The highest BCUT2D eigenvalue weighted by atomic mass is 35.5. The van der Waals surface area contributed by atoms with Crippen molar-refractivity contribution in [2.24, 2.45) is 0 Å². The van der Waals surface area contributed by atoms with E-state index >= 15 is 0 Å². The molecule has 0 radical (unpaired) electrons. The summed E-state index contributed by atoms with van der Waals surface area (Å²) >= 11 is 6.01. The molecule has 0 aliphatic rings. The second kappa shape index (κ2) is 4.61. The van der Waals surface area contributed by atoms with Gasteiger partial charge >= 0.3 is 0 Å². The van der Waals surface area contributed by atoms with Gasteiger partial charge in [0.05, 0.1) is 5.69 Å². The van der Waals surface area contributed by atoms with Gasteiger partial charge in [-0.15, -0.1) is 0 Å². The van der Waals surface area contributed by atoms with Gasteiger partial charge in [-0.05, 0) is 18.9 Å². The molecule has 0 N–H and O–H groups in total. The van der Waals surface area contributed by atoms with Crippen molar-refractivity contribution in [2.75, 3.05) is 0 Å². The molecule has 2 aromatic rings. The molecule has 0 aromatic carbocycles. The van der Waals surface area contributed by atoms with Crippen LogP contribution in [0.15, 0.2) is 18.5 Å². The molecule has 0 amide bonds. The molecule has 0 fully saturated rings. The fourth-order valence-corrected chi connectivity index (χ4v) is 1.72. The highest BCUT2D eigenvalue weighted by molar-refractivity contribution is 6.30. The molecular weight excluding hydrogens is 224 g/mol. The summed E-state index contributed by atoms with van der Waals surface area (Å²) in [5.41, 5.74) is 2.14. The van der Waals surface area contributed by atoms with Gasteiger partial charge in [0.15, 0.2) is 11.0 Å². The number of nitrogens with zero attached hydrogens (tertiary/aromatic N) is 4. The molecule has 2 aromatic heterocycles. The van der Waals surface area contributed by atoms with Crippen LogP contribution in [0, 0.1) is 0 Å². The average Bonchev–Trinajstić information content (AvgIpc) is 2.72. The van der Waals surface area contributed by atoms with Crippen molar-refractivity contribution in [1.29, 1.82) is 0 Å². The fraction of sp³-hybridized carbons (Fsp3) is 0.364. The summed E-state index contributed by atoms with van der Waals surface area (Å²) in [5, 5.41) is 4.84. The van der Waals surface area contributed by atoms with Crippen LogP contribution < -0.4 is 0 Å². The minimum Gasteiger partial charge on any atom is -0.239 e. The van der Waals surface area contributed by atoms with Crippen LogP contribution in [0.3, 0.4) is 0 Å². The Labute approximate surface area is 99.3 Å². The lowest BCUT2D eigenvalue weighted by molar-refractivity contribution is 0.767. The zero-order valence-electron chi connectivity index (χ0n) is 9.31. The normalized spacial score (nSPS) is 10.7. The molecule has 0 saturated carbocycles. The van der Waals surface area contributed by atoms with Crippen LogP contribution >= 0.6 is 11.6 Å². The third-order valence-electron chi connectivity index (χ3n) is 2.39. The van der Waals surface area contributed by atoms with E-state index in [9.17, 15) is 0 Å². The largest absolute Gasteiger partial charge is 0.239 e. The molecule has 84 valence electrons. The lowest BCUT2D eigenvalue weighted by atomic mass is 10.3. The standard InChI is InChI=1S/C11H13ClN4/c1-3-8-7-9(4-2)16(15-8)11-10(12)13-5-6-14-11/h5-7H,3-4H2,1-2H3. The molecule has 0 saturated heterocycles. The van der Waals surface area contributed by atoms with Gasteiger partial charge in [-0.25, -0.2) is 14.6 Å². The maximum Gasteiger partial charge on any atom is 0.191 e. The Morgan fingerprint density at radius 2 is 1.94 bits per heavy atom. The lowest BCUT2D eigenvalue weighted by Crippen LogP contribution is -2.05. The van der Waals surface area contributed by atoms with Gasteiger partial charge in [0.25, 0.3) is 0 Å². The first-order chi connectivity index (χ1) is 7.76. The third-order valence-corrected chi connectivity index (χ3v) is 2.66. The summed E-state index contributed by atoms with van der Waals surface area (Å²) < 4.78 is 1.77. The maximum absolute atomic E-state index is 6.01. The van der Waals surface area contributed by atoms with Gasteiger partial charge in [-0.3, -0.25) is 0 Å². The summed E-state index contributed by atoms with van der Waals surface area (Å²) in [4.78, 5) is 8.22. The smallest absolute Gasteiger partial charge is 0.191 e. The minimum absolute atomic E-state index is 0.378. The topological polar surface area (TPSA) is 43.6 Å². The van der Waals surface area contributed by atoms with Crippen molar-refractivity contribution in [3.8, 4) is 5.82 Å². The molecular formula is C11H13ClN4. The Hall–Kier alpha value is -1.42. The van der Waals surface area contributed by atoms with Crippen molar-refractivity contribution in [3.63, 3.8) is 0 Å². The number of halogens is 1. The Bertz CT molecular complexity index is 492. The molecule has 0 bridgehead atoms. The van der Waals surface area contributed by atoms with Gasteiger partial charge in [0, 0.05) is 18.1 Å². The van der Waals surface area contributed by atoms with Crippen molar-refractivity contribution in [3.05, 3.63) is 35.0 Å². The van der Waals surface area contributed by atoms with Crippen molar-refractivity contribution < 1.29 is 0 Å². The molecule has 0 aliphatic carbocycles. The van der Waals surface area contributed by atoms with E-state index in [-0.39, 0.29) is 0 Å². The van der Waals surface area contributed by atoms with E-state index in [2.05, 4.69) is 35.0 Å². The lowest BCUT2D eigenvalue weighted by Gasteiger charge is -2.05. The van der Waals surface area contributed by atoms with Crippen molar-refractivity contribution >= 4 is 11.6 Å². The molecule has 0 unspecified atom stereocenters. The number of hydrogen-bond donors (Lipinski definition) is 0. The summed E-state index contributed by atoms with van der Waals surface area (Å²) in [6.07, 6.45) is 4.98. The summed E-state index contributed by atoms with van der Waals surface area (Å²) in [5.74, 6) is 0.598. The molecule has 4 nitrogen and oxygen atoms in total. The molecule has 0 aliphatic heterocycles. The quantitative estimate of drug-likeness (QED) is 0.822. The Morgan fingerprint density at radius 3 is 2.56 bits per heavy atom. The van der Waals surface area contributed by atoms with E-state index in [0.717, 1.165) is 24.2 Å². The summed E-state index contributed by atoms with van der Waals surface area (Å²) in [7, 11) is 0. The van der Waals surface area contributed by atoms with E-state index in [1.54, 1.807) is 17.1 Å². The van der Waals surface area contributed by atoms with Crippen molar-refractivity contribution in [1.82, 2.24) is 19.7 Å². The third kappa shape index (κ3) is 1.93. The second-order valence-corrected chi connectivity index (χ2v) is 3.77. The first kappa shape index (κ1) is 11.1. The number of rotatable bonds is 3. The van der Waals surface area contributed by atoms with E-state index in [1.165, 1.54) is 0 Å². The predicted molar refractivity (Wildman–Crippen MR) is 62.9 cm³/mol. The van der Waals surface area contributed by atoms with Gasteiger partial charge < -0.3 is 0 Å². The zero-order valence-corrected chi connectivity index (χ0v) is 10.1.